The van der Waals surface area contributed by atoms with Gasteiger partial charge in [-0.2, -0.15) is 0 Å². The number of thiophene rings is 1. The first-order valence-electron chi connectivity index (χ1n) is 6.17. The summed E-state index contributed by atoms with van der Waals surface area (Å²) < 4.78 is 0. The SMILES string of the molecule is Cc1ccsc1CCC(C)(C)CNC(C)C. The zero-order valence-corrected chi connectivity index (χ0v) is 12.1. The van der Waals surface area contributed by atoms with Crippen molar-refractivity contribution in [3.63, 3.8) is 0 Å². The molecule has 1 aromatic heterocycles. The predicted octanol–water partition coefficient (Wildman–Crippen LogP) is 4.01. The Kier molecular flexibility index (Phi) is 5.00. The fourth-order valence-corrected chi connectivity index (χ4v) is 2.59. The molecule has 0 unspecified atom stereocenters. The second kappa shape index (κ2) is 5.83. The van der Waals surface area contributed by atoms with Gasteiger partial charge in [0, 0.05) is 17.5 Å². The summed E-state index contributed by atoms with van der Waals surface area (Å²) in [5.74, 6) is 0. The molecule has 0 aliphatic heterocycles. The summed E-state index contributed by atoms with van der Waals surface area (Å²) in [6, 6.07) is 2.81. The minimum Gasteiger partial charge on any atom is -0.314 e. The monoisotopic (exact) mass is 239 g/mol. The molecule has 0 atom stereocenters. The molecule has 0 radical (unpaired) electrons. The Labute approximate surface area is 104 Å². The van der Waals surface area contributed by atoms with Crippen LogP contribution in [0, 0.1) is 12.3 Å². The van der Waals surface area contributed by atoms with E-state index >= 15 is 0 Å². The van der Waals surface area contributed by atoms with Crippen molar-refractivity contribution in [3.8, 4) is 0 Å². The molecule has 1 heterocycles. The Morgan fingerprint density at radius 1 is 1.38 bits per heavy atom. The average molecular weight is 239 g/mol. The van der Waals surface area contributed by atoms with E-state index in [4.69, 9.17) is 0 Å². The van der Waals surface area contributed by atoms with Crippen LogP contribution < -0.4 is 5.32 Å². The quantitative estimate of drug-likeness (QED) is 0.791. The molecule has 0 aliphatic carbocycles. The topological polar surface area (TPSA) is 12.0 Å². The lowest BCUT2D eigenvalue weighted by molar-refractivity contribution is 0.305. The van der Waals surface area contributed by atoms with Crippen molar-refractivity contribution < 1.29 is 0 Å². The molecule has 1 nitrogen and oxygen atoms in total. The highest BCUT2D eigenvalue weighted by molar-refractivity contribution is 7.10. The molecule has 0 aliphatic rings. The lowest BCUT2D eigenvalue weighted by Crippen LogP contribution is -2.34. The first-order chi connectivity index (χ1) is 7.41. The number of nitrogens with one attached hydrogen (secondary N) is 1. The molecule has 1 aromatic rings. The molecule has 0 aromatic carbocycles. The lowest BCUT2D eigenvalue weighted by Gasteiger charge is -2.26. The Morgan fingerprint density at radius 3 is 2.56 bits per heavy atom. The fraction of sp³-hybridized carbons (Fsp3) is 0.714. The molecule has 0 amide bonds. The van der Waals surface area contributed by atoms with Crippen LogP contribution in [0.25, 0.3) is 0 Å². The van der Waals surface area contributed by atoms with E-state index in [1.54, 1.807) is 4.88 Å². The van der Waals surface area contributed by atoms with Gasteiger partial charge in [-0.1, -0.05) is 27.7 Å². The van der Waals surface area contributed by atoms with E-state index < -0.39 is 0 Å². The Morgan fingerprint density at radius 2 is 2.06 bits per heavy atom. The van der Waals surface area contributed by atoms with Gasteiger partial charge in [-0.05, 0) is 42.2 Å². The average Bonchev–Trinajstić information content (AvgIpc) is 2.59. The van der Waals surface area contributed by atoms with Crippen LogP contribution in [-0.4, -0.2) is 12.6 Å². The standard InChI is InChI=1S/C14H25NS/c1-11(2)15-10-14(4,5)8-6-13-12(3)7-9-16-13/h7,9,11,15H,6,8,10H2,1-5H3. The van der Waals surface area contributed by atoms with Gasteiger partial charge < -0.3 is 5.32 Å². The summed E-state index contributed by atoms with van der Waals surface area (Å²) in [7, 11) is 0. The van der Waals surface area contributed by atoms with Crippen molar-refractivity contribution in [1.29, 1.82) is 0 Å². The van der Waals surface area contributed by atoms with Gasteiger partial charge in [0.25, 0.3) is 0 Å². The van der Waals surface area contributed by atoms with Gasteiger partial charge in [0.15, 0.2) is 0 Å². The predicted molar refractivity (Wildman–Crippen MR) is 74.3 cm³/mol. The van der Waals surface area contributed by atoms with E-state index in [2.05, 4.69) is 51.4 Å². The number of rotatable bonds is 6. The second-order valence-corrected chi connectivity index (χ2v) is 6.73. The normalized spacial score (nSPS) is 12.4. The van der Waals surface area contributed by atoms with Crippen molar-refractivity contribution >= 4 is 11.3 Å². The molecule has 0 fully saturated rings. The Balaban J connectivity index is 2.38. The summed E-state index contributed by atoms with van der Waals surface area (Å²) in [6.07, 6.45) is 2.48. The summed E-state index contributed by atoms with van der Waals surface area (Å²) in [6.45, 7) is 12.4. The van der Waals surface area contributed by atoms with E-state index in [-0.39, 0.29) is 0 Å². The van der Waals surface area contributed by atoms with E-state index in [9.17, 15) is 0 Å². The van der Waals surface area contributed by atoms with E-state index in [0.717, 1.165) is 6.54 Å². The van der Waals surface area contributed by atoms with Gasteiger partial charge in [0.1, 0.15) is 0 Å². The third-order valence-electron chi connectivity index (χ3n) is 2.99. The minimum absolute atomic E-state index is 0.390. The van der Waals surface area contributed by atoms with Crippen molar-refractivity contribution in [2.24, 2.45) is 5.41 Å². The van der Waals surface area contributed by atoms with Crippen LogP contribution in [0.15, 0.2) is 11.4 Å². The van der Waals surface area contributed by atoms with Crippen LogP contribution in [0.2, 0.25) is 0 Å². The van der Waals surface area contributed by atoms with Crippen molar-refractivity contribution in [2.75, 3.05) is 6.54 Å². The van der Waals surface area contributed by atoms with E-state index in [0.29, 0.717) is 11.5 Å². The number of hydrogen-bond acceptors (Lipinski definition) is 2. The van der Waals surface area contributed by atoms with Crippen molar-refractivity contribution in [3.05, 3.63) is 21.9 Å². The largest absolute Gasteiger partial charge is 0.314 e. The first kappa shape index (κ1) is 13.7. The molecule has 0 saturated heterocycles. The van der Waals surface area contributed by atoms with Crippen molar-refractivity contribution in [1.82, 2.24) is 5.32 Å². The van der Waals surface area contributed by atoms with Crippen LogP contribution in [0.1, 0.15) is 44.6 Å². The lowest BCUT2D eigenvalue weighted by atomic mass is 9.87. The number of aryl methyl sites for hydroxylation is 2. The van der Waals surface area contributed by atoms with Crippen LogP contribution in [-0.2, 0) is 6.42 Å². The second-order valence-electron chi connectivity index (χ2n) is 5.73. The molecule has 0 bridgehead atoms. The summed E-state index contributed by atoms with van der Waals surface area (Å²) in [5.41, 5.74) is 1.85. The van der Waals surface area contributed by atoms with Crippen LogP contribution in [0.5, 0.6) is 0 Å². The van der Waals surface area contributed by atoms with Gasteiger partial charge >= 0.3 is 0 Å². The molecule has 1 N–H and O–H groups in total. The summed E-state index contributed by atoms with van der Waals surface area (Å²) >= 11 is 1.89. The Bertz CT molecular complexity index is 312. The van der Waals surface area contributed by atoms with E-state index in [1.165, 1.54) is 18.4 Å². The highest BCUT2D eigenvalue weighted by Crippen LogP contribution is 2.25. The van der Waals surface area contributed by atoms with Crippen molar-refractivity contribution in [2.45, 2.75) is 53.5 Å². The molecule has 0 spiro atoms. The summed E-state index contributed by atoms with van der Waals surface area (Å²) in [4.78, 5) is 1.55. The smallest absolute Gasteiger partial charge is 0.00746 e. The van der Waals surface area contributed by atoms with Gasteiger partial charge in [-0.3, -0.25) is 0 Å². The zero-order valence-electron chi connectivity index (χ0n) is 11.3. The zero-order chi connectivity index (χ0) is 12.2. The summed E-state index contributed by atoms with van der Waals surface area (Å²) in [5, 5.41) is 5.73. The van der Waals surface area contributed by atoms with Gasteiger partial charge in [0.05, 0.1) is 0 Å². The van der Waals surface area contributed by atoms with Crippen LogP contribution >= 0.6 is 11.3 Å². The highest BCUT2D eigenvalue weighted by atomic mass is 32.1. The maximum absolute atomic E-state index is 3.53. The third kappa shape index (κ3) is 4.67. The highest BCUT2D eigenvalue weighted by Gasteiger charge is 2.18. The molecule has 2 heteroatoms. The van der Waals surface area contributed by atoms with Crippen LogP contribution in [0.4, 0.5) is 0 Å². The molecule has 0 saturated carbocycles. The van der Waals surface area contributed by atoms with Gasteiger partial charge in [0.2, 0.25) is 0 Å². The molecule has 1 rings (SSSR count). The minimum atomic E-state index is 0.390. The molecule has 16 heavy (non-hydrogen) atoms. The fourth-order valence-electron chi connectivity index (χ4n) is 1.68. The molecule has 92 valence electrons. The van der Waals surface area contributed by atoms with Gasteiger partial charge in [-0.25, -0.2) is 0 Å². The first-order valence-corrected chi connectivity index (χ1v) is 7.05. The maximum atomic E-state index is 3.53. The molecular weight excluding hydrogens is 214 g/mol. The van der Waals surface area contributed by atoms with Gasteiger partial charge in [-0.15, -0.1) is 11.3 Å². The maximum Gasteiger partial charge on any atom is 0.00746 e. The third-order valence-corrected chi connectivity index (χ3v) is 4.07. The van der Waals surface area contributed by atoms with E-state index in [1.807, 2.05) is 11.3 Å². The molecular formula is C14H25NS. The number of hydrogen-bond donors (Lipinski definition) is 1. The Hall–Kier alpha value is -0.340. The van der Waals surface area contributed by atoms with Crippen LogP contribution in [0.3, 0.4) is 0 Å².